The predicted molar refractivity (Wildman–Crippen MR) is 126 cm³/mol. The van der Waals surface area contributed by atoms with Crippen molar-refractivity contribution >= 4 is 41.3 Å². The molecule has 1 aliphatic heterocycles. The lowest BCUT2D eigenvalue weighted by Gasteiger charge is -2.11. The molecule has 156 valence electrons. The van der Waals surface area contributed by atoms with Gasteiger partial charge in [-0.05, 0) is 33.1 Å². The molecule has 0 saturated carbocycles. The van der Waals surface area contributed by atoms with Crippen LogP contribution in [-0.4, -0.2) is 45.3 Å². The quantitative estimate of drug-likeness (QED) is 0.244. The third-order valence-electron chi connectivity index (χ3n) is 4.70. The number of aliphatic imine (C=N–C) groups is 1. The van der Waals surface area contributed by atoms with Gasteiger partial charge in [0.1, 0.15) is 11.6 Å². The molecule has 2 N–H and O–H groups in total. The molecule has 28 heavy (non-hydrogen) atoms. The van der Waals surface area contributed by atoms with Crippen LogP contribution in [0.5, 0.6) is 0 Å². The fraction of sp³-hybridized carbons (Fsp3) is 0.684. The molecule has 0 radical (unpaired) electrons. The van der Waals surface area contributed by atoms with Crippen LogP contribution in [0.4, 0.5) is 0 Å². The second-order valence-corrected chi connectivity index (χ2v) is 7.96. The van der Waals surface area contributed by atoms with Gasteiger partial charge in [0.15, 0.2) is 5.96 Å². The maximum Gasteiger partial charge on any atom is 0.191 e. The molecule has 0 spiro atoms. The van der Waals surface area contributed by atoms with Gasteiger partial charge in [0.25, 0.3) is 0 Å². The molecule has 1 aliphatic rings. The summed E-state index contributed by atoms with van der Waals surface area (Å²) in [5.74, 6) is 3.17. The van der Waals surface area contributed by atoms with E-state index in [9.17, 15) is 0 Å². The van der Waals surface area contributed by atoms with Gasteiger partial charge in [-0.1, -0.05) is 6.42 Å². The zero-order valence-corrected chi connectivity index (χ0v) is 20.1. The van der Waals surface area contributed by atoms with E-state index < -0.39 is 0 Å². The van der Waals surface area contributed by atoms with Crippen molar-refractivity contribution in [1.29, 1.82) is 0 Å². The summed E-state index contributed by atoms with van der Waals surface area (Å²) in [7, 11) is 0. The van der Waals surface area contributed by atoms with Gasteiger partial charge in [0.2, 0.25) is 0 Å². The zero-order chi connectivity index (χ0) is 18.9. The lowest BCUT2D eigenvalue weighted by Crippen LogP contribution is -2.38. The normalized spacial score (nSPS) is 14.1. The van der Waals surface area contributed by atoms with Gasteiger partial charge in [-0.2, -0.15) is 0 Å². The van der Waals surface area contributed by atoms with Gasteiger partial charge in [0.05, 0.1) is 10.7 Å². The number of nitrogens with zero attached hydrogens (tertiary/aromatic N) is 5. The number of aromatic nitrogens is 4. The summed E-state index contributed by atoms with van der Waals surface area (Å²) in [4.78, 5) is 9.20. The Morgan fingerprint density at radius 3 is 2.89 bits per heavy atom. The minimum absolute atomic E-state index is 0. The Kier molecular flexibility index (Phi) is 10.2. The van der Waals surface area contributed by atoms with Crippen LogP contribution >= 0.6 is 35.3 Å². The first-order valence-electron chi connectivity index (χ1n) is 10.1. The van der Waals surface area contributed by atoms with Crippen LogP contribution in [0.15, 0.2) is 10.4 Å². The Hall–Kier alpha value is -1.23. The van der Waals surface area contributed by atoms with Crippen molar-refractivity contribution in [1.82, 2.24) is 30.4 Å². The number of thiazole rings is 1. The molecule has 0 amide bonds. The summed E-state index contributed by atoms with van der Waals surface area (Å²) >= 11 is 1.70. The standard InChI is InChI=1S/C19H31N7S.HI/c1-3-20-19(22-12-10-16-14-27-15(2)23-16)21-11-7-9-18-25-24-17-8-5-4-6-13-26(17)18;/h14H,3-13H2,1-2H3,(H2,20,21,22);1H. The molecule has 0 atom stereocenters. The van der Waals surface area contributed by atoms with Crippen molar-refractivity contribution in [2.45, 2.75) is 65.3 Å². The van der Waals surface area contributed by atoms with Crippen LogP contribution in [0.3, 0.4) is 0 Å². The number of rotatable bonds is 8. The number of nitrogens with one attached hydrogen (secondary N) is 2. The SMILES string of the molecule is CCNC(=NCCCc1nnc2n1CCCCC2)NCCc1csc(C)n1.I. The smallest absolute Gasteiger partial charge is 0.191 e. The van der Waals surface area contributed by atoms with Crippen molar-refractivity contribution in [3.63, 3.8) is 0 Å². The second-order valence-electron chi connectivity index (χ2n) is 6.89. The van der Waals surface area contributed by atoms with E-state index in [1.807, 2.05) is 6.92 Å². The van der Waals surface area contributed by atoms with Crippen LogP contribution in [0.25, 0.3) is 0 Å². The van der Waals surface area contributed by atoms with Crippen molar-refractivity contribution in [3.8, 4) is 0 Å². The number of halogens is 1. The predicted octanol–water partition coefficient (Wildman–Crippen LogP) is 3.12. The molecule has 3 rings (SSSR count). The molecular formula is C19H32IN7S. The summed E-state index contributed by atoms with van der Waals surface area (Å²) in [5, 5.41) is 18.7. The number of fused-ring (bicyclic) bond motifs is 1. The molecule has 2 aromatic heterocycles. The lowest BCUT2D eigenvalue weighted by molar-refractivity contribution is 0.597. The number of guanidine groups is 1. The first-order valence-corrected chi connectivity index (χ1v) is 11.0. The summed E-state index contributed by atoms with van der Waals surface area (Å²) in [6.45, 7) is 7.69. The molecule has 0 saturated heterocycles. The van der Waals surface area contributed by atoms with E-state index in [0.29, 0.717) is 0 Å². The van der Waals surface area contributed by atoms with Gasteiger partial charge in [-0.25, -0.2) is 4.98 Å². The molecule has 3 heterocycles. The number of hydrogen-bond acceptors (Lipinski definition) is 5. The maximum absolute atomic E-state index is 4.70. The largest absolute Gasteiger partial charge is 0.357 e. The van der Waals surface area contributed by atoms with Crippen LogP contribution < -0.4 is 10.6 Å². The monoisotopic (exact) mass is 517 g/mol. The number of hydrogen-bond donors (Lipinski definition) is 2. The molecule has 0 fully saturated rings. The Morgan fingerprint density at radius 1 is 1.21 bits per heavy atom. The summed E-state index contributed by atoms with van der Waals surface area (Å²) in [6.07, 6.45) is 7.68. The summed E-state index contributed by atoms with van der Waals surface area (Å²) in [5.41, 5.74) is 1.15. The van der Waals surface area contributed by atoms with Crippen LogP contribution in [0, 0.1) is 6.92 Å². The number of aryl methyl sites for hydroxylation is 3. The van der Waals surface area contributed by atoms with Crippen LogP contribution in [0.2, 0.25) is 0 Å². The van der Waals surface area contributed by atoms with Crippen molar-refractivity contribution < 1.29 is 0 Å². The molecule has 0 unspecified atom stereocenters. The molecule has 2 aromatic rings. The van der Waals surface area contributed by atoms with E-state index in [-0.39, 0.29) is 24.0 Å². The highest BCUT2D eigenvalue weighted by molar-refractivity contribution is 14.0. The van der Waals surface area contributed by atoms with Crippen molar-refractivity contribution in [2.75, 3.05) is 19.6 Å². The van der Waals surface area contributed by atoms with Gasteiger partial charge in [-0.3, -0.25) is 4.99 Å². The van der Waals surface area contributed by atoms with E-state index in [0.717, 1.165) is 74.3 Å². The Bertz CT molecular complexity index is 740. The summed E-state index contributed by atoms with van der Waals surface area (Å²) in [6, 6.07) is 0. The first kappa shape index (κ1) is 23.1. The average Bonchev–Trinajstić information content (AvgIpc) is 3.16. The third-order valence-corrected chi connectivity index (χ3v) is 5.52. The Labute approximate surface area is 188 Å². The van der Waals surface area contributed by atoms with Gasteiger partial charge < -0.3 is 15.2 Å². The van der Waals surface area contributed by atoms with Crippen LogP contribution in [0.1, 0.15) is 55.0 Å². The van der Waals surface area contributed by atoms with Crippen molar-refractivity contribution in [2.24, 2.45) is 4.99 Å². The highest BCUT2D eigenvalue weighted by atomic mass is 127. The van der Waals surface area contributed by atoms with E-state index in [4.69, 9.17) is 4.99 Å². The second kappa shape index (κ2) is 12.4. The fourth-order valence-corrected chi connectivity index (χ4v) is 3.98. The summed E-state index contributed by atoms with van der Waals surface area (Å²) < 4.78 is 2.33. The van der Waals surface area contributed by atoms with Gasteiger partial charge >= 0.3 is 0 Å². The zero-order valence-electron chi connectivity index (χ0n) is 16.9. The fourth-order valence-electron chi connectivity index (χ4n) is 3.33. The minimum atomic E-state index is 0. The van der Waals surface area contributed by atoms with Crippen molar-refractivity contribution in [3.05, 3.63) is 27.7 Å². The molecule has 0 bridgehead atoms. The topological polar surface area (TPSA) is 80.0 Å². The highest BCUT2D eigenvalue weighted by Gasteiger charge is 2.14. The molecule has 7 nitrogen and oxygen atoms in total. The first-order chi connectivity index (χ1) is 13.3. The third kappa shape index (κ3) is 6.98. The van der Waals surface area contributed by atoms with Gasteiger partial charge in [-0.15, -0.1) is 45.5 Å². The molecule has 0 aliphatic carbocycles. The lowest BCUT2D eigenvalue weighted by atomic mass is 10.2. The highest BCUT2D eigenvalue weighted by Crippen LogP contribution is 2.15. The Balaban J connectivity index is 0.00000280. The van der Waals surface area contributed by atoms with E-state index in [2.05, 4.69) is 42.7 Å². The van der Waals surface area contributed by atoms with Gasteiger partial charge in [0, 0.05) is 50.8 Å². The van der Waals surface area contributed by atoms with E-state index >= 15 is 0 Å². The molecule has 0 aromatic carbocycles. The molecule has 9 heteroatoms. The van der Waals surface area contributed by atoms with Crippen LogP contribution in [-0.2, 0) is 25.8 Å². The van der Waals surface area contributed by atoms with E-state index in [1.54, 1.807) is 11.3 Å². The average molecular weight is 517 g/mol. The molecular weight excluding hydrogens is 485 g/mol. The van der Waals surface area contributed by atoms with E-state index in [1.165, 1.54) is 25.1 Å². The maximum atomic E-state index is 4.70. The minimum Gasteiger partial charge on any atom is -0.357 e. The Morgan fingerprint density at radius 2 is 2.11 bits per heavy atom.